The summed E-state index contributed by atoms with van der Waals surface area (Å²) in [4.78, 5) is 12.4. The van der Waals surface area contributed by atoms with E-state index in [1.165, 1.54) is 11.3 Å². The van der Waals surface area contributed by atoms with E-state index >= 15 is 0 Å². The van der Waals surface area contributed by atoms with Crippen molar-refractivity contribution in [3.63, 3.8) is 0 Å². The van der Waals surface area contributed by atoms with E-state index in [1.54, 1.807) is 19.2 Å². The van der Waals surface area contributed by atoms with Crippen LogP contribution in [0.5, 0.6) is 0 Å². The third kappa shape index (κ3) is 3.18. The van der Waals surface area contributed by atoms with Crippen LogP contribution in [0.3, 0.4) is 0 Å². The van der Waals surface area contributed by atoms with Gasteiger partial charge in [0.1, 0.15) is 5.82 Å². The number of carbonyl (C=O) groups is 1. The highest BCUT2D eigenvalue weighted by atomic mass is 35.5. The van der Waals surface area contributed by atoms with E-state index in [9.17, 15) is 4.79 Å². The Morgan fingerprint density at radius 3 is 2.72 bits per heavy atom. The zero-order valence-electron chi connectivity index (χ0n) is 9.61. The first-order valence-corrected chi connectivity index (χ1v) is 6.42. The highest BCUT2D eigenvalue weighted by Crippen LogP contribution is 2.21. The van der Waals surface area contributed by atoms with Crippen LogP contribution >= 0.6 is 22.9 Å². The van der Waals surface area contributed by atoms with Crippen molar-refractivity contribution in [1.29, 1.82) is 0 Å². The summed E-state index contributed by atoms with van der Waals surface area (Å²) in [6, 6.07) is 7.14. The molecule has 0 fully saturated rings. The minimum absolute atomic E-state index is 0.251. The molecule has 94 valence electrons. The Balaban J connectivity index is 1.96. The third-order valence-corrected chi connectivity index (χ3v) is 3.43. The van der Waals surface area contributed by atoms with Crippen LogP contribution in [0.25, 0.3) is 0 Å². The molecule has 0 aromatic carbocycles. The lowest BCUT2D eigenvalue weighted by Crippen LogP contribution is -2.19. The SMILES string of the molecule is CNC(=O)c1ccc(NCc2ccc(Cl)s2)nn1. The van der Waals surface area contributed by atoms with Crippen molar-refractivity contribution < 1.29 is 4.79 Å². The summed E-state index contributed by atoms with van der Waals surface area (Å²) in [6.07, 6.45) is 0. The first-order chi connectivity index (χ1) is 8.69. The first-order valence-electron chi connectivity index (χ1n) is 5.23. The van der Waals surface area contributed by atoms with E-state index in [4.69, 9.17) is 11.6 Å². The summed E-state index contributed by atoms with van der Waals surface area (Å²) in [7, 11) is 1.55. The average molecular weight is 283 g/mol. The summed E-state index contributed by atoms with van der Waals surface area (Å²) in [5, 5.41) is 13.3. The van der Waals surface area contributed by atoms with E-state index in [0.29, 0.717) is 18.1 Å². The van der Waals surface area contributed by atoms with Gasteiger partial charge in [-0.1, -0.05) is 11.6 Å². The molecule has 2 aromatic heterocycles. The number of nitrogens with zero attached hydrogens (tertiary/aromatic N) is 2. The topological polar surface area (TPSA) is 66.9 Å². The second kappa shape index (κ2) is 5.79. The predicted molar refractivity (Wildman–Crippen MR) is 72.1 cm³/mol. The average Bonchev–Trinajstić information content (AvgIpc) is 2.82. The molecule has 0 spiro atoms. The highest BCUT2D eigenvalue weighted by molar-refractivity contribution is 7.16. The van der Waals surface area contributed by atoms with Gasteiger partial charge >= 0.3 is 0 Å². The Morgan fingerprint density at radius 2 is 2.17 bits per heavy atom. The zero-order chi connectivity index (χ0) is 13.0. The Hall–Kier alpha value is -1.66. The fourth-order valence-electron chi connectivity index (χ4n) is 1.30. The van der Waals surface area contributed by atoms with Gasteiger partial charge in [-0.05, 0) is 24.3 Å². The molecule has 0 bridgehead atoms. The minimum Gasteiger partial charge on any atom is -0.364 e. The summed E-state index contributed by atoms with van der Waals surface area (Å²) in [5.74, 6) is 0.367. The molecular formula is C11H11ClN4OS. The van der Waals surface area contributed by atoms with Crippen LogP contribution in [0.1, 0.15) is 15.4 Å². The molecule has 0 radical (unpaired) electrons. The molecule has 2 aromatic rings. The van der Waals surface area contributed by atoms with Gasteiger partial charge in [-0.15, -0.1) is 21.5 Å². The molecule has 0 saturated carbocycles. The minimum atomic E-state index is -0.251. The number of amides is 1. The van der Waals surface area contributed by atoms with E-state index in [2.05, 4.69) is 20.8 Å². The van der Waals surface area contributed by atoms with Crippen molar-refractivity contribution in [3.05, 3.63) is 39.2 Å². The molecule has 1 amide bonds. The number of hydrogen-bond acceptors (Lipinski definition) is 5. The maximum atomic E-state index is 11.3. The van der Waals surface area contributed by atoms with Gasteiger partial charge in [-0.3, -0.25) is 4.79 Å². The molecule has 0 aliphatic heterocycles. The lowest BCUT2D eigenvalue weighted by atomic mass is 10.3. The second-order valence-electron chi connectivity index (χ2n) is 3.44. The molecule has 0 atom stereocenters. The molecule has 2 rings (SSSR count). The molecule has 0 saturated heterocycles. The first kappa shape index (κ1) is 12.8. The van der Waals surface area contributed by atoms with Crippen LogP contribution < -0.4 is 10.6 Å². The zero-order valence-corrected chi connectivity index (χ0v) is 11.2. The Kier molecular flexibility index (Phi) is 4.11. The van der Waals surface area contributed by atoms with Crippen molar-refractivity contribution in [2.45, 2.75) is 6.54 Å². The summed E-state index contributed by atoms with van der Waals surface area (Å²) >= 11 is 7.34. The van der Waals surface area contributed by atoms with Crippen LogP contribution in [-0.2, 0) is 6.54 Å². The summed E-state index contributed by atoms with van der Waals surface area (Å²) in [5.41, 5.74) is 0.294. The maximum absolute atomic E-state index is 11.3. The molecule has 0 aliphatic rings. The molecule has 2 heterocycles. The molecule has 2 N–H and O–H groups in total. The van der Waals surface area contributed by atoms with Crippen molar-refractivity contribution in [2.24, 2.45) is 0 Å². The smallest absolute Gasteiger partial charge is 0.271 e. The molecule has 7 heteroatoms. The molecule has 0 aliphatic carbocycles. The number of thiophene rings is 1. The summed E-state index contributed by atoms with van der Waals surface area (Å²) < 4.78 is 0.757. The predicted octanol–water partition coefficient (Wildman–Crippen LogP) is 2.16. The van der Waals surface area contributed by atoms with Crippen LogP contribution in [0.15, 0.2) is 24.3 Å². The van der Waals surface area contributed by atoms with Gasteiger partial charge in [0.15, 0.2) is 5.69 Å². The van der Waals surface area contributed by atoms with Crippen LogP contribution in [0.4, 0.5) is 5.82 Å². The largest absolute Gasteiger partial charge is 0.364 e. The Labute approximate surface area is 113 Å². The van der Waals surface area contributed by atoms with Gasteiger partial charge in [-0.2, -0.15) is 0 Å². The van der Waals surface area contributed by atoms with Crippen LogP contribution in [0, 0.1) is 0 Å². The monoisotopic (exact) mass is 282 g/mol. The lowest BCUT2D eigenvalue weighted by Gasteiger charge is -2.03. The van der Waals surface area contributed by atoms with Gasteiger partial charge in [0.2, 0.25) is 0 Å². The number of hydrogen-bond donors (Lipinski definition) is 2. The quantitative estimate of drug-likeness (QED) is 0.902. The number of aromatic nitrogens is 2. The van der Waals surface area contributed by atoms with Crippen molar-refractivity contribution in [2.75, 3.05) is 12.4 Å². The Morgan fingerprint density at radius 1 is 1.33 bits per heavy atom. The summed E-state index contributed by atoms with van der Waals surface area (Å²) in [6.45, 7) is 0.630. The number of rotatable bonds is 4. The van der Waals surface area contributed by atoms with Gasteiger partial charge in [-0.25, -0.2) is 0 Å². The highest BCUT2D eigenvalue weighted by Gasteiger charge is 2.05. The standard InChI is InChI=1S/C11H11ClN4OS/c1-13-11(17)8-3-5-10(16-15-8)14-6-7-2-4-9(12)18-7/h2-5H,6H2,1H3,(H,13,17)(H,14,16). The van der Waals surface area contributed by atoms with Gasteiger partial charge in [0.05, 0.1) is 10.9 Å². The van der Waals surface area contributed by atoms with Crippen molar-refractivity contribution in [3.8, 4) is 0 Å². The molecule has 18 heavy (non-hydrogen) atoms. The second-order valence-corrected chi connectivity index (χ2v) is 5.24. The molecule has 0 unspecified atom stereocenters. The fourth-order valence-corrected chi connectivity index (χ4v) is 2.33. The van der Waals surface area contributed by atoms with E-state index in [-0.39, 0.29) is 5.91 Å². The number of anilines is 1. The lowest BCUT2D eigenvalue weighted by molar-refractivity contribution is 0.0957. The fraction of sp³-hybridized carbons (Fsp3) is 0.182. The number of nitrogens with one attached hydrogen (secondary N) is 2. The molecule has 5 nitrogen and oxygen atoms in total. The molecular weight excluding hydrogens is 272 g/mol. The Bertz CT molecular complexity index is 540. The van der Waals surface area contributed by atoms with Gasteiger partial charge in [0.25, 0.3) is 5.91 Å². The maximum Gasteiger partial charge on any atom is 0.271 e. The van der Waals surface area contributed by atoms with Crippen molar-refractivity contribution >= 4 is 34.7 Å². The van der Waals surface area contributed by atoms with E-state index in [1.807, 2.05) is 12.1 Å². The third-order valence-electron chi connectivity index (χ3n) is 2.20. The number of carbonyl (C=O) groups excluding carboxylic acids is 1. The normalized spacial score (nSPS) is 10.1. The number of halogens is 1. The van der Waals surface area contributed by atoms with Crippen LogP contribution in [0.2, 0.25) is 4.34 Å². The van der Waals surface area contributed by atoms with Crippen molar-refractivity contribution in [1.82, 2.24) is 15.5 Å². The van der Waals surface area contributed by atoms with E-state index < -0.39 is 0 Å². The van der Waals surface area contributed by atoms with Crippen LogP contribution in [-0.4, -0.2) is 23.2 Å². The van der Waals surface area contributed by atoms with E-state index in [0.717, 1.165) is 9.21 Å². The van der Waals surface area contributed by atoms with Gasteiger partial charge < -0.3 is 10.6 Å². The van der Waals surface area contributed by atoms with Gasteiger partial charge in [0, 0.05) is 11.9 Å².